The third-order valence-electron chi connectivity index (χ3n) is 3.08. The second kappa shape index (κ2) is 7.30. The minimum absolute atomic E-state index is 0.282. The number of aryl methyl sites for hydroxylation is 1. The summed E-state index contributed by atoms with van der Waals surface area (Å²) in [5.41, 5.74) is 2.16. The molecule has 0 saturated carbocycles. The van der Waals surface area contributed by atoms with Crippen LogP contribution in [0, 0.1) is 6.92 Å². The molecule has 0 spiro atoms. The lowest BCUT2D eigenvalue weighted by atomic mass is 10.1. The largest absolute Gasteiger partial charge is 0.372 e. The molecule has 0 bridgehead atoms. The molecule has 0 radical (unpaired) electrons. The van der Waals surface area contributed by atoms with Crippen LogP contribution in [0.4, 0.5) is 11.4 Å². The molecule has 0 heterocycles. The zero-order valence-corrected chi connectivity index (χ0v) is 14.5. The molecule has 1 aromatic rings. The Morgan fingerprint density at radius 3 is 2.32 bits per heavy atom. The standard InChI is InChI=1S/C13H22N2O5S2/c1-4-15(8-5-9-22(18,19)20)12-6-7-13(11(2)10-12)14-21(3,16)17/h6-7,10,14H,4-5,8-9H2,1-3H3,(H,18,19,20). The van der Waals surface area contributed by atoms with E-state index >= 15 is 0 Å². The van der Waals surface area contributed by atoms with Crippen LogP contribution in [0.5, 0.6) is 0 Å². The van der Waals surface area contributed by atoms with Gasteiger partial charge >= 0.3 is 0 Å². The number of nitrogens with zero attached hydrogens (tertiary/aromatic N) is 1. The van der Waals surface area contributed by atoms with Gasteiger partial charge in [0.2, 0.25) is 10.0 Å². The quantitative estimate of drug-likeness (QED) is 0.688. The first-order valence-corrected chi connectivity index (χ1v) is 10.3. The maximum Gasteiger partial charge on any atom is 0.264 e. The van der Waals surface area contributed by atoms with E-state index in [0.717, 1.165) is 17.5 Å². The van der Waals surface area contributed by atoms with Gasteiger partial charge in [0.15, 0.2) is 0 Å². The van der Waals surface area contributed by atoms with E-state index < -0.39 is 20.1 Å². The topological polar surface area (TPSA) is 104 Å². The van der Waals surface area contributed by atoms with E-state index in [2.05, 4.69) is 4.72 Å². The summed E-state index contributed by atoms with van der Waals surface area (Å²) in [5.74, 6) is -0.282. The van der Waals surface area contributed by atoms with Crippen molar-refractivity contribution in [2.24, 2.45) is 0 Å². The van der Waals surface area contributed by atoms with Gasteiger partial charge in [-0.25, -0.2) is 8.42 Å². The number of rotatable bonds is 8. The van der Waals surface area contributed by atoms with Gasteiger partial charge in [-0.15, -0.1) is 0 Å². The van der Waals surface area contributed by atoms with Gasteiger partial charge in [-0.3, -0.25) is 9.27 Å². The van der Waals surface area contributed by atoms with E-state index in [9.17, 15) is 16.8 Å². The Balaban J connectivity index is 2.83. The van der Waals surface area contributed by atoms with Gasteiger partial charge < -0.3 is 4.90 Å². The van der Waals surface area contributed by atoms with Crippen molar-refractivity contribution in [3.63, 3.8) is 0 Å². The Kier molecular flexibility index (Phi) is 6.21. The molecule has 0 fully saturated rings. The van der Waals surface area contributed by atoms with Crippen LogP contribution in [0.25, 0.3) is 0 Å². The normalized spacial score (nSPS) is 12.2. The SMILES string of the molecule is CCN(CCCS(=O)(=O)O)c1ccc(NS(C)(=O)=O)c(C)c1. The van der Waals surface area contributed by atoms with Crippen molar-refractivity contribution in [3.05, 3.63) is 23.8 Å². The second-order valence-electron chi connectivity index (χ2n) is 5.09. The highest BCUT2D eigenvalue weighted by atomic mass is 32.2. The minimum Gasteiger partial charge on any atom is -0.372 e. The lowest BCUT2D eigenvalue weighted by Gasteiger charge is -2.24. The fourth-order valence-corrected chi connectivity index (χ4v) is 3.19. The highest BCUT2D eigenvalue weighted by Gasteiger charge is 2.11. The molecule has 0 aliphatic heterocycles. The van der Waals surface area contributed by atoms with Crippen molar-refractivity contribution in [2.45, 2.75) is 20.3 Å². The first kappa shape index (κ1) is 18.7. The summed E-state index contributed by atoms with van der Waals surface area (Å²) in [4.78, 5) is 1.96. The van der Waals surface area contributed by atoms with Crippen LogP contribution in [0.1, 0.15) is 18.9 Å². The van der Waals surface area contributed by atoms with Crippen LogP contribution in [0.15, 0.2) is 18.2 Å². The lowest BCUT2D eigenvalue weighted by Crippen LogP contribution is -2.25. The molecule has 0 unspecified atom stereocenters. The Labute approximate surface area is 132 Å². The van der Waals surface area contributed by atoms with Gasteiger partial charge in [-0.1, -0.05) is 0 Å². The van der Waals surface area contributed by atoms with Crippen molar-refractivity contribution >= 4 is 31.5 Å². The molecule has 1 rings (SSSR count). The molecule has 9 heteroatoms. The number of sulfonamides is 1. The zero-order chi connectivity index (χ0) is 17.0. The molecule has 0 atom stereocenters. The first-order chi connectivity index (χ1) is 10.0. The third-order valence-corrected chi connectivity index (χ3v) is 4.48. The summed E-state index contributed by atoms with van der Waals surface area (Å²) in [5, 5.41) is 0. The van der Waals surface area contributed by atoms with Gasteiger partial charge in [0.05, 0.1) is 17.7 Å². The van der Waals surface area contributed by atoms with Gasteiger partial charge in [0.25, 0.3) is 10.1 Å². The number of nitrogens with one attached hydrogen (secondary N) is 1. The fourth-order valence-electron chi connectivity index (χ4n) is 2.07. The monoisotopic (exact) mass is 350 g/mol. The average molecular weight is 350 g/mol. The highest BCUT2D eigenvalue weighted by Crippen LogP contribution is 2.23. The predicted molar refractivity (Wildman–Crippen MR) is 88.6 cm³/mol. The number of hydrogen-bond acceptors (Lipinski definition) is 5. The summed E-state index contributed by atoms with van der Waals surface area (Å²) in [6.45, 7) is 4.88. The molecule has 2 N–H and O–H groups in total. The Hall–Kier alpha value is -1.32. The maximum absolute atomic E-state index is 11.3. The molecule has 0 saturated heterocycles. The van der Waals surface area contributed by atoms with Crippen molar-refractivity contribution in [3.8, 4) is 0 Å². The molecule has 22 heavy (non-hydrogen) atoms. The van der Waals surface area contributed by atoms with Gasteiger partial charge in [-0.05, 0) is 44.0 Å². The number of benzene rings is 1. The van der Waals surface area contributed by atoms with Crippen LogP contribution in [0.3, 0.4) is 0 Å². The summed E-state index contributed by atoms with van der Waals surface area (Å²) in [6, 6.07) is 5.29. The summed E-state index contributed by atoms with van der Waals surface area (Å²) in [6.07, 6.45) is 1.41. The highest BCUT2D eigenvalue weighted by molar-refractivity contribution is 7.92. The van der Waals surface area contributed by atoms with E-state index in [4.69, 9.17) is 4.55 Å². The molecule has 126 valence electrons. The maximum atomic E-state index is 11.3. The van der Waals surface area contributed by atoms with Gasteiger partial charge in [0.1, 0.15) is 0 Å². The van der Waals surface area contributed by atoms with E-state index in [1.54, 1.807) is 19.1 Å². The smallest absolute Gasteiger partial charge is 0.264 e. The fraction of sp³-hybridized carbons (Fsp3) is 0.538. The minimum atomic E-state index is -3.95. The first-order valence-electron chi connectivity index (χ1n) is 6.80. The second-order valence-corrected chi connectivity index (χ2v) is 8.41. The van der Waals surface area contributed by atoms with E-state index in [1.165, 1.54) is 0 Å². The van der Waals surface area contributed by atoms with Crippen molar-refractivity contribution in [1.29, 1.82) is 0 Å². The molecular weight excluding hydrogens is 328 g/mol. The van der Waals surface area contributed by atoms with Gasteiger partial charge in [0, 0.05) is 18.8 Å². The van der Waals surface area contributed by atoms with Crippen LogP contribution in [-0.4, -0.2) is 46.5 Å². The molecular formula is C13H22N2O5S2. The van der Waals surface area contributed by atoms with Crippen molar-refractivity contribution in [1.82, 2.24) is 0 Å². The molecule has 1 aromatic carbocycles. The Morgan fingerprint density at radius 2 is 1.86 bits per heavy atom. The molecule has 7 nitrogen and oxygen atoms in total. The summed E-state index contributed by atoms with van der Waals surface area (Å²) < 4.78 is 55.2. The zero-order valence-electron chi connectivity index (χ0n) is 12.9. The van der Waals surface area contributed by atoms with Crippen molar-refractivity contribution in [2.75, 3.05) is 34.7 Å². The van der Waals surface area contributed by atoms with E-state index in [1.807, 2.05) is 17.9 Å². The van der Waals surface area contributed by atoms with Crippen LogP contribution < -0.4 is 9.62 Å². The molecule has 0 aliphatic rings. The Bertz CT molecular complexity index is 714. The summed E-state index contributed by atoms with van der Waals surface area (Å²) >= 11 is 0. The molecule has 0 aliphatic carbocycles. The van der Waals surface area contributed by atoms with E-state index in [0.29, 0.717) is 25.2 Å². The predicted octanol–water partition coefficient (Wildman–Crippen LogP) is 1.47. The molecule has 0 amide bonds. The number of hydrogen-bond donors (Lipinski definition) is 2. The van der Waals surface area contributed by atoms with E-state index in [-0.39, 0.29) is 5.75 Å². The lowest BCUT2D eigenvalue weighted by molar-refractivity contribution is 0.481. The van der Waals surface area contributed by atoms with Crippen LogP contribution in [0.2, 0.25) is 0 Å². The number of anilines is 2. The third kappa shape index (κ3) is 6.63. The summed E-state index contributed by atoms with van der Waals surface area (Å²) in [7, 11) is -7.28. The van der Waals surface area contributed by atoms with Crippen LogP contribution in [-0.2, 0) is 20.1 Å². The van der Waals surface area contributed by atoms with Crippen molar-refractivity contribution < 1.29 is 21.4 Å². The van der Waals surface area contributed by atoms with Crippen LogP contribution >= 0.6 is 0 Å². The average Bonchev–Trinajstić information content (AvgIpc) is 2.34. The molecule has 0 aromatic heterocycles. The Morgan fingerprint density at radius 1 is 1.23 bits per heavy atom. The van der Waals surface area contributed by atoms with Gasteiger partial charge in [-0.2, -0.15) is 8.42 Å².